The van der Waals surface area contributed by atoms with Gasteiger partial charge in [0.25, 0.3) is 0 Å². The maximum Gasteiger partial charge on any atom is 0.0695 e. The van der Waals surface area contributed by atoms with Gasteiger partial charge in [-0.2, -0.15) is 5.10 Å². The van der Waals surface area contributed by atoms with Crippen molar-refractivity contribution in [3.05, 3.63) is 41.0 Å². The summed E-state index contributed by atoms with van der Waals surface area (Å²) in [6.07, 6.45) is 3.00. The molecule has 3 nitrogen and oxygen atoms in total. The van der Waals surface area contributed by atoms with Crippen LogP contribution in [0.25, 0.3) is 11.3 Å². The summed E-state index contributed by atoms with van der Waals surface area (Å²) >= 11 is 5.88. The first-order chi connectivity index (χ1) is 8.31. The fraction of sp³-hybridized carbons (Fsp3) is 0.308. The molecule has 0 saturated carbocycles. The van der Waals surface area contributed by atoms with Gasteiger partial charge in [0.05, 0.1) is 11.9 Å². The molecule has 0 aliphatic rings. The first kappa shape index (κ1) is 12.1. The normalized spacial score (nSPS) is 10.7. The minimum atomic E-state index is 0.749. The molecule has 2 aromatic rings. The van der Waals surface area contributed by atoms with Gasteiger partial charge in [0, 0.05) is 17.1 Å². The number of halogens is 1. The predicted octanol–water partition coefficient (Wildman–Crippen LogP) is 3.23. The second kappa shape index (κ2) is 5.84. The third-order valence-corrected chi connectivity index (χ3v) is 2.84. The number of benzene rings is 1. The number of aromatic nitrogens is 2. The molecule has 0 atom stereocenters. The molecule has 0 amide bonds. The highest BCUT2D eigenvalue weighted by Gasteiger charge is 2.06. The van der Waals surface area contributed by atoms with Gasteiger partial charge in [0.15, 0.2) is 0 Å². The van der Waals surface area contributed by atoms with Crippen LogP contribution in [-0.2, 0) is 6.54 Å². The van der Waals surface area contributed by atoms with E-state index in [-0.39, 0.29) is 0 Å². The summed E-state index contributed by atoms with van der Waals surface area (Å²) < 4.78 is 0. The molecule has 1 aromatic heterocycles. The maximum absolute atomic E-state index is 5.88. The monoisotopic (exact) mass is 249 g/mol. The lowest BCUT2D eigenvalue weighted by molar-refractivity contribution is 0.676. The molecular formula is C13H16ClN3. The Balaban J connectivity index is 2.15. The molecule has 0 radical (unpaired) electrons. The van der Waals surface area contributed by atoms with Crippen LogP contribution in [0.15, 0.2) is 30.5 Å². The molecule has 2 N–H and O–H groups in total. The van der Waals surface area contributed by atoms with Crippen molar-refractivity contribution < 1.29 is 0 Å². The van der Waals surface area contributed by atoms with Crippen LogP contribution in [0.1, 0.15) is 18.9 Å². The summed E-state index contributed by atoms with van der Waals surface area (Å²) in [5.74, 6) is 0. The lowest BCUT2D eigenvalue weighted by Crippen LogP contribution is -2.13. The van der Waals surface area contributed by atoms with Crippen LogP contribution in [0.3, 0.4) is 0 Å². The highest BCUT2D eigenvalue weighted by Crippen LogP contribution is 2.22. The van der Waals surface area contributed by atoms with E-state index >= 15 is 0 Å². The van der Waals surface area contributed by atoms with Gasteiger partial charge in [-0.25, -0.2) is 0 Å². The molecular weight excluding hydrogens is 234 g/mol. The summed E-state index contributed by atoms with van der Waals surface area (Å²) in [6, 6.07) is 7.78. The van der Waals surface area contributed by atoms with Gasteiger partial charge in [0.1, 0.15) is 0 Å². The van der Waals surface area contributed by atoms with Crippen molar-refractivity contribution in [3.8, 4) is 11.3 Å². The highest BCUT2D eigenvalue weighted by molar-refractivity contribution is 6.30. The number of aromatic amines is 1. The third kappa shape index (κ3) is 3.08. The molecule has 0 aliphatic heterocycles. The summed E-state index contributed by atoms with van der Waals surface area (Å²) in [5, 5.41) is 11.3. The van der Waals surface area contributed by atoms with Gasteiger partial charge < -0.3 is 5.32 Å². The minimum Gasteiger partial charge on any atom is -0.313 e. The first-order valence-electron chi connectivity index (χ1n) is 5.80. The molecule has 1 heterocycles. The van der Waals surface area contributed by atoms with Crippen molar-refractivity contribution in [1.29, 1.82) is 0 Å². The maximum atomic E-state index is 5.88. The van der Waals surface area contributed by atoms with Crippen molar-refractivity contribution in [2.24, 2.45) is 0 Å². The van der Waals surface area contributed by atoms with Crippen LogP contribution in [0.4, 0.5) is 0 Å². The van der Waals surface area contributed by atoms with Gasteiger partial charge in [-0.1, -0.05) is 30.7 Å². The molecule has 0 aliphatic carbocycles. The second-order valence-electron chi connectivity index (χ2n) is 3.95. The van der Waals surface area contributed by atoms with Crippen molar-refractivity contribution in [2.75, 3.05) is 6.54 Å². The first-order valence-corrected chi connectivity index (χ1v) is 6.18. The van der Waals surface area contributed by atoms with E-state index in [2.05, 4.69) is 22.4 Å². The zero-order chi connectivity index (χ0) is 12.1. The lowest BCUT2D eigenvalue weighted by Gasteiger charge is -2.04. The molecule has 4 heteroatoms. The third-order valence-electron chi connectivity index (χ3n) is 2.59. The number of rotatable bonds is 5. The smallest absolute Gasteiger partial charge is 0.0695 e. The van der Waals surface area contributed by atoms with Crippen molar-refractivity contribution in [3.63, 3.8) is 0 Å². The Kier molecular flexibility index (Phi) is 4.18. The van der Waals surface area contributed by atoms with Crippen molar-refractivity contribution in [1.82, 2.24) is 15.5 Å². The number of hydrogen-bond acceptors (Lipinski definition) is 2. The van der Waals surface area contributed by atoms with E-state index in [1.807, 2.05) is 30.5 Å². The van der Waals surface area contributed by atoms with E-state index < -0.39 is 0 Å². The Hall–Kier alpha value is -1.32. The van der Waals surface area contributed by atoms with E-state index in [4.69, 9.17) is 11.6 Å². The molecule has 17 heavy (non-hydrogen) atoms. The fourth-order valence-electron chi connectivity index (χ4n) is 1.71. The van der Waals surface area contributed by atoms with Gasteiger partial charge >= 0.3 is 0 Å². The molecule has 1 aromatic carbocycles. The Morgan fingerprint density at radius 3 is 2.76 bits per heavy atom. The van der Waals surface area contributed by atoms with Crippen molar-refractivity contribution in [2.45, 2.75) is 19.9 Å². The molecule has 0 unspecified atom stereocenters. The summed E-state index contributed by atoms with van der Waals surface area (Å²) in [5.41, 5.74) is 3.35. The summed E-state index contributed by atoms with van der Waals surface area (Å²) in [7, 11) is 0. The van der Waals surface area contributed by atoms with Crippen molar-refractivity contribution >= 4 is 11.6 Å². The molecule has 0 spiro atoms. The number of nitrogens with one attached hydrogen (secondary N) is 2. The number of hydrogen-bond donors (Lipinski definition) is 2. The zero-order valence-corrected chi connectivity index (χ0v) is 10.6. The quantitative estimate of drug-likeness (QED) is 0.799. The van der Waals surface area contributed by atoms with Gasteiger partial charge in [-0.05, 0) is 30.7 Å². The Morgan fingerprint density at radius 2 is 2.06 bits per heavy atom. The lowest BCUT2D eigenvalue weighted by atomic mass is 10.1. The topological polar surface area (TPSA) is 40.7 Å². The minimum absolute atomic E-state index is 0.749. The van der Waals surface area contributed by atoms with Crippen LogP contribution in [0.5, 0.6) is 0 Å². The predicted molar refractivity (Wildman–Crippen MR) is 71.0 cm³/mol. The molecule has 2 rings (SSSR count). The SMILES string of the molecule is CCCNCc1cn[nH]c1-c1ccc(Cl)cc1. The molecule has 0 saturated heterocycles. The van der Waals surface area contributed by atoms with Crippen LogP contribution in [-0.4, -0.2) is 16.7 Å². The largest absolute Gasteiger partial charge is 0.313 e. The highest BCUT2D eigenvalue weighted by atomic mass is 35.5. The Labute approximate surface area is 106 Å². The van der Waals surface area contributed by atoms with E-state index in [1.54, 1.807) is 0 Å². The second-order valence-corrected chi connectivity index (χ2v) is 4.39. The van der Waals surface area contributed by atoms with Crippen LogP contribution >= 0.6 is 11.6 Å². The van der Waals surface area contributed by atoms with Crippen LogP contribution in [0, 0.1) is 0 Å². The van der Waals surface area contributed by atoms with E-state index in [9.17, 15) is 0 Å². The molecule has 0 fully saturated rings. The zero-order valence-electron chi connectivity index (χ0n) is 9.83. The van der Waals surface area contributed by atoms with Crippen LogP contribution in [0.2, 0.25) is 5.02 Å². The van der Waals surface area contributed by atoms with E-state index in [1.165, 1.54) is 5.56 Å². The summed E-state index contributed by atoms with van der Waals surface area (Å²) in [6.45, 7) is 4.01. The summed E-state index contributed by atoms with van der Waals surface area (Å²) in [4.78, 5) is 0. The van der Waals surface area contributed by atoms with Gasteiger partial charge in [0.2, 0.25) is 0 Å². The Morgan fingerprint density at radius 1 is 1.29 bits per heavy atom. The van der Waals surface area contributed by atoms with Crippen LogP contribution < -0.4 is 5.32 Å². The number of H-pyrrole nitrogens is 1. The molecule has 90 valence electrons. The van der Waals surface area contributed by atoms with E-state index in [0.29, 0.717) is 0 Å². The number of nitrogens with zero attached hydrogens (tertiary/aromatic N) is 1. The standard InChI is InChI=1S/C13H16ClN3/c1-2-7-15-8-11-9-16-17-13(11)10-3-5-12(14)6-4-10/h3-6,9,15H,2,7-8H2,1H3,(H,16,17). The Bertz CT molecular complexity index is 462. The van der Waals surface area contributed by atoms with Gasteiger partial charge in [-0.15, -0.1) is 0 Å². The van der Waals surface area contributed by atoms with Gasteiger partial charge in [-0.3, -0.25) is 5.10 Å². The van der Waals surface area contributed by atoms with E-state index in [0.717, 1.165) is 35.8 Å². The average molecular weight is 250 g/mol. The fourth-order valence-corrected chi connectivity index (χ4v) is 1.84. The molecule has 0 bridgehead atoms. The average Bonchev–Trinajstić information content (AvgIpc) is 2.79.